The lowest BCUT2D eigenvalue weighted by atomic mass is 10.2. The van der Waals surface area contributed by atoms with E-state index in [0.717, 1.165) is 24.2 Å². The lowest BCUT2D eigenvalue weighted by Crippen LogP contribution is -2.23. The molecule has 1 fully saturated rings. The Morgan fingerprint density at radius 2 is 1.96 bits per heavy atom. The van der Waals surface area contributed by atoms with Gasteiger partial charge in [0.05, 0.1) is 11.5 Å². The van der Waals surface area contributed by atoms with Crippen molar-refractivity contribution in [1.29, 1.82) is 0 Å². The molecule has 1 aliphatic rings. The van der Waals surface area contributed by atoms with Crippen LogP contribution in [0, 0.1) is 10.1 Å². The van der Waals surface area contributed by atoms with E-state index in [1.165, 1.54) is 24.4 Å². The van der Waals surface area contributed by atoms with Crippen LogP contribution in [0.4, 0.5) is 11.4 Å². The first-order valence-corrected chi connectivity index (χ1v) is 7.89. The van der Waals surface area contributed by atoms with Gasteiger partial charge in [0, 0.05) is 37.0 Å². The molecule has 3 rings (SSSR count). The van der Waals surface area contributed by atoms with E-state index in [1.807, 2.05) is 24.3 Å². The van der Waals surface area contributed by atoms with E-state index in [1.54, 1.807) is 4.90 Å². The summed E-state index contributed by atoms with van der Waals surface area (Å²) in [5.41, 5.74) is 1.84. The number of non-ortho nitro benzene ring substituents is 1. The minimum absolute atomic E-state index is 0.138. The van der Waals surface area contributed by atoms with E-state index >= 15 is 0 Å². The average molecular weight is 338 g/mol. The minimum atomic E-state index is -0.546. The monoisotopic (exact) mass is 338 g/mol. The van der Waals surface area contributed by atoms with Crippen LogP contribution in [0.2, 0.25) is 0 Å². The van der Waals surface area contributed by atoms with Crippen LogP contribution in [-0.4, -0.2) is 23.6 Å². The molecule has 0 N–H and O–H groups in total. The fraction of sp³-hybridized carbons (Fsp3) is 0.222. The molecule has 2 aromatic carbocycles. The van der Waals surface area contributed by atoms with Gasteiger partial charge in [-0.3, -0.25) is 19.9 Å². The van der Waals surface area contributed by atoms with Crippen LogP contribution in [0.15, 0.2) is 47.5 Å². The van der Waals surface area contributed by atoms with Crippen molar-refractivity contribution in [2.45, 2.75) is 19.4 Å². The predicted molar refractivity (Wildman–Crippen MR) is 91.9 cm³/mol. The van der Waals surface area contributed by atoms with Gasteiger partial charge in [-0.1, -0.05) is 23.9 Å². The van der Waals surface area contributed by atoms with Gasteiger partial charge in [0.2, 0.25) is 5.91 Å². The molecule has 2 aromatic rings. The Morgan fingerprint density at radius 3 is 2.60 bits per heavy atom. The van der Waals surface area contributed by atoms with E-state index in [2.05, 4.69) is 4.99 Å². The fourth-order valence-corrected chi connectivity index (χ4v) is 2.70. The summed E-state index contributed by atoms with van der Waals surface area (Å²) in [6, 6.07) is 11.1. The zero-order chi connectivity index (χ0) is 17.8. The van der Waals surface area contributed by atoms with Gasteiger partial charge < -0.3 is 10.0 Å². The second kappa shape index (κ2) is 7.12. The van der Waals surface area contributed by atoms with Gasteiger partial charge >= 0.3 is 0 Å². The molecule has 1 heterocycles. The summed E-state index contributed by atoms with van der Waals surface area (Å²) in [6.45, 7) is 1.09. The normalized spacial score (nSPS) is 14.4. The summed E-state index contributed by atoms with van der Waals surface area (Å²) >= 11 is 0. The highest BCUT2D eigenvalue weighted by molar-refractivity contribution is 5.95. The predicted octanol–water partition coefficient (Wildman–Crippen LogP) is 2.41. The summed E-state index contributed by atoms with van der Waals surface area (Å²) in [7, 11) is 0. The molecule has 1 saturated heterocycles. The topological polar surface area (TPSA) is 98.9 Å². The van der Waals surface area contributed by atoms with Gasteiger partial charge in [0.15, 0.2) is 0 Å². The summed E-state index contributed by atoms with van der Waals surface area (Å²) in [4.78, 5) is 27.9. The molecule has 0 bridgehead atoms. The van der Waals surface area contributed by atoms with Crippen molar-refractivity contribution in [3.63, 3.8) is 0 Å². The van der Waals surface area contributed by atoms with Crippen LogP contribution >= 0.6 is 0 Å². The lowest BCUT2D eigenvalue weighted by molar-refractivity contribution is -0.385. The molecule has 0 saturated carbocycles. The Labute approximate surface area is 144 Å². The maximum absolute atomic E-state index is 11.7. The van der Waals surface area contributed by atoms with E-state index < -0.39 is 4.92 Å². The van der Waals surface area contributed by atoms with Crippen molar-refractivity contribution < 1.29 is 14.8 Å². The molecular formula is C18H16N3O4-. The zero-order valence-corrected chi connectivity index (χ0v) is 13.4. The summed E-state index contributed by atoms with van der Waals surface area (Å²) in [5, 5.41) is 22.5. The zero-order valence-electron chi connectivity index (χ0n) is 13.4. The van der Waals surface area contributed by atoms with Crippen LogP contribution < -0.4 is 10.0 Å². The van der Waals surface area contributed by atoms with Gasteiger partial charge in [0.1, 0.15) is 0 Å². The number of hydrogen-bond donors (Lipinski definition) is 0. The number of rotatable bonds is 5. The van der Waals surface area contributed by atoms with Crippen LogP contribution in [0.3, 0.4) is 0 Å². The second-order valence-electron chi connectivity index (χ2n) is 5.76. The number of anilines is 1. The summed E-state index contributed by atoms with van der Waals surface area (Å²) in [6.07, 6.45) is 2.83. The van der Waals surface area contributed by atoms with Crippen LogP contribution in [-0.2, 0) is 11.3 Å². The first-order chi connectivity index (χ1) is 12.0. The molecule has 7 nitrogen and oxygen atoms in total. The maximum Gasteiger partial charge on any atom is 0.270 e. The highest BCUT2D eigenvalue weighted by Gasteiger charge is 2.21. The Balaban J connectivity index is 1.67. The summed E-state index contributed by atoms with van der Waals surface area (Å²) < 4.78 is 0. The second-order valence-corrected chi connectivity index (χ2v) is 5.76. The standard InChI is InChI=1S/C18H17N3O4/c22-17-8-7-16(21(24)25)10-14(17)12-19-11-13-3-5-15(6-4-13)20-9-1-2-18(20)23/h3-8,10,12,22H,1-2,9,11H2/p-1. The van der Waals surface area contributed by atoms with Crippen LogP contribution in [0.1, 0.15) is 24.0 Å². The number of nitro groups is 1. The Bertz CT molecular complexity index is 831. The van der Waals surface area contributed by atoms with Gasteiger partial charge in [0.25, 0.3) is 5.69 Å². The number of benzene rings is 2. The van der Waals surface area contributed by atoms with Crippen molar-refractivity contribution in [1.82, 2.24) is 0 Å². The molecule has 0 unspecified atom stereocenters. The van der Waals surface area contributed by atoms with Crippen molar-refractivity contribution in [3.05, 3.63) is 63.7 Å². The van der Waals surface area contributed by atoms with E-state index in [0.29, 0.717) is 13.0 Å². The quantitative estimate of drug-likeness (QED) is 0.475. The molecule has 0 aromatic heterocycles. The van der Waals surface area contributed by atoms with Gasteiger partial charge in [-0.05, 0) is 29.7 Å². The first kappa shape index (κ1) is 16.6. The molecule has 1 aliphatic heterocycles. The number of carbonyl (C=O) groups is 1. The SMILES string of the molecule is O=C1CCCN1c1ccc(CN=Cc2cc([N+](=O)[O-])ccc2[O-])cc1. The highest BCUT2D eigenvalue weighted by atomic mass is 16.6. The van der Waals surface area contributed by atoms with Crippen molar-refractivity contribution in [2.24, 2.45) is 4.99 Å². The number of amides is 1. The third-order valence-electron chi connectivity index (χ3n) is 4.03. The lowest BCUT2D eigenvalue weighted by Gasteiger charge is -2.15. The van der Waals surface area contributed by atoms with Crippen molar-refractivity contribution in [2.75, 3.05) is 11.4 Å². The molecule has 1 amide bonds. The van der Waals surface area contributed by atoms with Crippen LogP contribution in [0.25, 0.3) is 0 Å². The largest absolute Gasteiger partial charge is 0.872 e. The Kier molecular flexibility index (Phi) is 4.74. The third kappa shape index (κ3) is 3.82. The first-order valence-electron chi connectivity index (χ1n) is 7.89. The molecular weight excluding hydrogens is 322 g/mol. The molecule has 0 atom stereocenters. The molecule has 7 heteroatoms. The van der Waals surface area contributed by atoms with Crippen molar-refractivity contribution in [3.8, 4) is 5.75 Å². The maximum atomic E-state index is 11.7. The van der Waals surface area contributed by atoms with Gasteiger partial charge in [-0.25, -0.2) is 0 Å². The molecule has 0 aliphatic carbocycles. The Hall–Kier alpha value is -3.22. The Morgan fingerprint density at radius 1 is 1.20 bits per heavy atom. The molecule has 128 valence electrons. The number of hydrogen-bond acceptors (Lipinski definition) is 5. The molecule has 0 spiro atoms. The molecule has 25 heavy (non-hydrogen) atoms. The van der Waals surface area contributed by atoms with E-state index in [-0.39, 0.29) is 22.9 Å². The van der Waals surface area contributed by atoms with Gasteiger partial charge in [-0.2, -0.15) is 0 Å². The highest BCUT2D eigenvalue weighted by Crippen LogP contribution is 2.22. The van der Waals surface area contributed by atoms with Gasteiger partial charge in [-0.15, -0.1) is 0 Å². The number of aliphatic imine (C=N–C) groups is 1. The smallest absolute Gasteiger partial charge is 0.270 e. The third-order valence-corrected chi connectivity index (χ3v) is 4.03. The summed E-state index contributed by atoms with van der Waals surface area (Å²) in [5.74, 6) is -0.170. The van der Waals surface area contributed by atoms with Crippen LogP contribution in [0.5, 0.6) is 5.75 Å². The van der Waals surface area contributed by atoms with E-state index in [4.69, 9.17) is 0 Å². The number of nitro benzene ring substituents is 1. The van der Waals surface area contributed by atoms with E-state index in [9.17, 15) is 20.0 Å². The number of carbonyl (C=O) groups excluding carboxylic acids is 1. The van der Waals surface area contributed by atoms with Crippen molar-refractivity contribution >= 4 is 23.5 Å². The fourth-order valence-electron chi connectivity index (χ4n) is 2.70. The molecule has 0 radical (unpaired) electrons. The number of nitrogens with zero attached hydrogens (tertiary/aromatic N) is 3. The average Bonchev–Trinajstić information content (AvgIpc) is 3.03. The minimum Gasteiger partial charge on any atom is -0.872 e.